The minimum Gasteiger partial charge on any atom is -0.356 e. The summed E-state index contributed by atoms with van der Waals surface area (Å²) < 4.78 is 38.9. The van der Waals surface area contributed by atoms with Crippen LogP contribution in [0.25, 0.3) is 0 Å². The van der Waals surface area contributed by atoms with Gasteiger partial charge in [0.1, 0.15) is 5.82 Å². The highest BCUT2D eigenvalue weighted by molar-refractivity contribution is 7.89. The van der Waals surface area contributed by atoms with Crippen molar-refractivity contribution in [1.29, 1.82) is 0 Å². The average Bonchev–Trinajstić information content (AvgIpc) is 2.63. The number of nitrogens with zero attached hydrogens (tertiary/aromatic N) is 1. The lowest BCUT2D eigenvalue weighted by molar-refractivity contribution is -0.121. The summed E-state index contributed by atoms with van der Waals surface area (Å²) in [5.41, 5.74) is 1.42. The van der Waals surface area contributed by atoms with Crippen molar-refractivity contribution in [3.8, 4) is 0 Å². The summed E-state index contributed by atoms with van der Waals surface area (Å²) in [6.45, 7) is 0.868. The van der Waals surface area contributed by atoms with E-state index in [1.165, 1.54) is 41.9 Å². The van der Waals surface area contributed by atoms with Crippen LogP contribution in [0.3, 0.4) is 0 Å². The molecule has 0 aliphatic heterocycles. The second kappa shape index (κ2) is 9.83. The first-order valence-electron chi connectivity index (χ1n) is 9.06. The van der Waals surface area contributed by atoms with E-state index in [-0.39, 0.29) is 23.8 Å². The van der Waals surface area contributed by atoms with Crippen molar-refractivity contribution in [2.75, 3.05) is 20.1 Å². The predicted octanol–water partition coefficient (Wildman–Crippen LogP) is 3.23. The molecule has 0 spiro atoms. The number of allylic oxidation sites excluding steroid dienone is 1. The SMILES string of the molecule is CN(CCCC(=O)NCCC1=CCCCC1)S(=O)(=O)c1ccc(F)cc1. The molecule has 1 N–H and O–H groups in total. The van der Waals surface area contributed by atoms with Crippen LogP contribution in [0.1, 0.15) is 44.9 Å². The molecular weight excluding hydrogens is 355 g/mol. The third kappa shape index (κ3) is 6.21. The Balaban J connectivity index is 1.69. The van der Waals surface area contributed by atoms with E-state index in [0.717, 1.165) is 31.4 Å². The first kappa shape index (κ1) is 20.6. The van der Waals surface area contributed by atoms with Gasteiger partial charge in [0.15, 0.2) is 0 Å². The predicted molar refractivity (Wildman–Crippen MR) is 99.6 cm³/mol. The number of amides is 1. The molecule has 7 heteroatoms. The molecule has 0 aromatic heterocycles. The maximum absolute atomic E-state index is 12.9. The largest absolute Gasteiger partial charge is 0.356 e. The quantitative estimate of drug-likeness (QED) is 0.667. The molecule has 0 saturated heterocycles. The van der Waals surface area contributed by atoms with Crippen LogP contribution >= 0.6 is 0 Å². The van der Waals surface area contributed by atoms with Gasteiger partial charge < -0.3 is 5.32 Å². The normalized spacial score (nSPS) is 15.0. The van der Waals surface area contributed by atoms with Crippen molar-refractivity contribution in [2.45, 2.75) is 49.8 Å². The minimum absolute atomic E-state index is 0.0478. The Bertz CT molecular complexity index is 730. The molecule has 1 aliphatic carbocycles. The Morgan fingerprint density at radius 3 is 2.62 bits per heavy atom. The smallest absolute Gasteiger partial charge is 0.242 e. The van der Waals surface area contributed by atoms with Crippen molar-refractivity contribution < 1.29 is 17.6 Å². The number of hydrogen-bond acceptors (Lipinski definition) is 3. The summed E-state index contributed by atoms with van der Waals surface area (Å²) in [5.74, 6) is -0.541. The highest BCUT2D eigenvalue weighted by Gasteiger charge is 2.20. The maximum Gasteiger partial charge on any atom is 0.242 e. The molecule has 0 heterocycles. The van der Waals surface area contributed by atoms with Crippen molar-refractivity contribution in [3.63, 3.8) is 0 Å². The number of nitrogens with one attached hydrogen (secondary N) is 1. The number of hydrogen-bond donors (Lipinski definition) is 1. The molecule has 0 saturated carbocycles. The summed E-state index contributed by atoms with van der Waals surface area (Å²) >= 11 is 0. The van der Waals surface area contributed by atoms with Crippen LogP contribution in [-0.2, 0) is 14.8 Å². The summed E-state index contributed by atoms with van der Waals surface area (Å²) in [7, 11) is -2.19. The van der Waals surface area contributed by atoms with Gasteiger partial charge in [0.05, 0.1) is 4.90 Å². The van der Waals surface area contributed by atoms with E-state index in [2.05, 4.69) is 11.4 Å². The molecule has 1 aliphatic rings. The third-order valence-electron chi connectivity index (χ3n) is 4.55. The Morgan fingerprint density at radius 1 is 1.23 bits per heavy atom. The van der Waals surface area contributed by atoms with Crippen LogP contribution in [-0.4, -0.2) is 38.8 Å². The first-order chi connectivity index (χ1) is 12.4. The van der Waals surface area contributed by atoms with Gasteiger partial charge in [0.25, 0.3) is 0 Å². The fourth-order valence-electron chi connectivity index (χ4n) is 2.95. The van der Waals surface area contributed by atoms with Crippen molar-refractivity contribution in [2.24, 2.45) is 0 Å². The molecule has 2 rings (SSSR count). The minimum atomic E-state index is -3.66. The summed E-state index contributed by atoms with van der Waals surface area (Å²) in [6.07, 6.45) is 8.63. The van der Waals surface area contributed by atoms with Crippen molar-refractivity contribution >= 4 is 15.9 Å². The lowest BCUT2D eigenvalue weighted by Crippen LogP contribution is -2.30. The van der Waals surface area contributed by atoms with Gasteiger partial charge in [0, 0.05) is 26.6 Å². The van der Waals surface area contributed by atoms with E-state index in [0.29, 0.717) is 13.0 Å². The van der Waals surface area contributed by atoms with E-state index < -0.39 is 15.8 Å². The van der Waals surface area contributed by atoms with E-state index in [9.17, 15) is 17.6 Å². The van der Waals surface area contributed by atoms with Gasteiger partial charge in [-0.25, -0.2) is 17.1 Å². The standard InChI is InChI=1S/C19H27FN2O3S/c1-22(26(24,25)18-11-9-17(20)10-12-18)15-5-8-19(23)21-14-13-16-6-3-2-4-7-16/h6,9-12H,2-5,7-8,13-15H2,1H3,(H,21,23). The number of rotatable bonds is 9. The fourth-order valence-corrected chi connectivity index (χ4v) is 4.16. The molecule has 0 bridgehead atoms. The number of carbonyl (C=O) groups is 1. The van der Waals surface area contributed by atoms with E-state index in [1.807, 2.05) is 0 Å². The third-order valence-corrected chi connectivity index (χ3v) is 6.42. The van der Waals surface area contributed by atoms with Gasteiger partial charge in [0.2, 0.25) is 15.9 Å². The number of benzene rings is 1. The zero-order valence-electron chi connectivity index (χ0n) is 15.2. The molecular formula is C19H27FN2O3S. The zero-order valence-corrected chi connectivity index (χ0v) is 16.0. The van der Waals surface area contributed by atoms with Gasteiger partial charge in [-0.15, -0.1) is 0 Å². The first-order valence-corrected chi connectivity index (χ1v) is 10.5. The average molecular weight is 383 g/mol. The van der Waals surface area contributed by atoms with Crippen LogP contribution < -0.4 is 5.32 Å². The number of sulfonamides is 1. The molecule has 0 fully saturated rings. The van der Waals surface area contributed by atoms with Crippen molar-refractivity contribution in [1.82, 2.24) is 9.62 Å². The van der Waals surface area contributed by atoms with Gasteiger partial charge in [-0.2, -0.15) is 0 Å². The van der Waals surface area contributed by atoms with Gasteiger partial charge in [-0.1, -0.05) is 11.6 Å². The number of halogens is 1. The van der Waals surface area contributed by atoms with Crippen LogP contribution in [0.15, 0.2) is 40.8 Å². The Labute approximate surface area is 155 Å². The molecule has 0 radical (unpaired) electrons. The van der Waals surface area contributed by atoms with Gasteiger partial charge >= 0.3 is 0 Å². The van der Waals surface area contributed by atoms with Crippen LogP contribution in [0.2, 0.25) is 0 Å². The van der Waals surface area contributed by atoms with Crippen LogP contribution in [0, 0.1) is 5.82 Å². The highest BCUT2D eigenvalue weighted by Crippen LogP contribution is 2.19. The monoisotopic (exact) mass is 382 g/mol. The molecule has 5 nitrogen and oxygen atoms in total. The summed E-state index contributed by atoms with van der Waals surface area (Å²) in [6, 6.07) is 4.73. The zero-order chi connectivity index (χ0) is 19.0. The topological polar surface area (TPSA) is 66.5 Å². The summed E-state index contributed by atoms with van der Waals surface area (Å²) in [5, 5.41) is 2.89. The molecule has 26 heavy (non-hydrogen) atoms. The Kier molecular flexibility index (Phi) is 7.78. The van der Waals surface area contributed by atoms with E-state index >= 15 is 0 Å². The second-order valence-electron chi connectivity index (χ2n) is 6.59. The molecule has 0 atom stereocenters. The second-order valence-corrected chi connectivity index (χ2v) is 8.64. The maximum atomic E-state index is 12.9. The van der Waals surface area contributed by atoms with Gasteiger partial charge in [-0.05, 0) is 62.8 Å². The molecule has 0 unspecified atom stereocenters. The highest BCUT2D eigenvalue weighted by atomic mass is 32.2. The number of carbonyl (C=O) groups excluding carboxylic acids is 1. The molecule has 144 valence electrons. The molecule has 1 amide bonds. The molecule has 1 aromatic rings. The Hall–Kier alpha value is -1.73. The van der Waals surface area contributed by atoms with Gasteiger partial charge in [-0.3, -0.25) is 4.79 Å². The Morgan fingerprint density at radius 2 is 1.96 bits per heavy atom. The lowest BCUT2D eigenvalue weighted by atomic mass is 9.97. The lowest BCUT2D eigenvalue weighted by Gasteiger charge is -2.17. The van der Waals surface area contributed by atoms with Crippen LogP contribution in [0.5, 0.6) is 0 Å². The van der Waals surface area contributed by atoms with Crippen LogP contribution in [0.4, 0.5) is 4.39 Å². The van der Waals surface area contributed by atoms with Crippen molar-refractivity contribution in [3.05, 3.63) is 41.7 Å². The fraction of sp³-hybridized carbons (Fsp3) is 0.526. The molecule has 1 aromatic carbocycles. The van der Waals surface area contributed by atoms with E-state index in [1.54, 1.807) is 0 Å². The van der Waals surface area contributed by atoms with E-state index in [4.69, 9.17) is 0 Å². The summed E-state index contributed by atoms with van der Waals surface area (Å²) in [4.78, 5) is 11.9.